The third kappa shape index (κ3) is 4.05. The average Bonchev–Trinajstić information content (AvgIpc) is 2.29. The van der Waals surface area contributed by atoms with E-state index in [2.05, 4.69) is 10.6 Å². The van der Waals surface area contributed by atoms with E-state index in [-0.39, 0.29) is 5.69 Å². The first kappa shape index (κ1) is 16.1. The van der Waals surface area contributed by atoms with Gasteiger partial charge >= 0.3 is 0 Å². The monoisotopic (exact) mass is 280 g/mol. The first-order valence-corrected chi connectivity index (χ1v) is 6.42. The number of anilines is 1. The zero-order chi connectivity index (χ0) is 15.6. The molecule has 1 aromatic rings. The van der Waals surface area contributed by atoms with E-state index in [0.717, 1.165) is 0 Å². The number of para-hydroxylation sites is 1. The van der Waals surface area contributed by atoms with E-state index in [1.807, 2.05) is 20.8 Å². The summed E-state index contributed by atoms with van der Waals surface area (Å²) in [6.07, 6.45) is 0. The van der Waals surface area contributed by atoms with E-state index in [1.54, 1.807) is 6.07 Å². The molecule has 0 radical (unpaired) electrons. The van der Waals surface area contributed by atoms with Crippen LogP contribution in [0.1, 0.15) is 34.6 Å². The van der Waals surface area contributed by atoms with Gasteiger partial charge in [0.1, 0.15) is 11.2 Å². The van der Waals surface area contributed by atoms with Crippen molar-refractivity contribution < 1.29 is 14.0 Å². The third-order valence-electron chi connectivity index (χ3n) is 2.75. The average molecular weight is 280 g/mol. The molecule has 0 saturated heterocycles. The standard InChI is InChI=1S/C15H21FN2O2/c1-14(2,3)18-13(20)15(4,5)12(19)17-11-9-7-6-8-10(11)16/h6-9H,1-5H3,(H,17,19)(H,18,20). The Morgan fingerprint density at radius 2 is 1.55 bits per heavy atom. The van der Waals surface area contributed by atoms with Gasteiger partial charge in [-0.1, -0.05) is 12.1 Å². The summed E-state index contributed by atoms with van der Waals surface area (Å²) in [5, 5.41) is 5.19. The molecule has 0 heterocycles. The lowest BCUT2D eigenvalue weighted by molar-refractivity contribution is -0.139. The second-order valence-electron chi connectivity index (χ2n) is 6.26. The zero-order valence-electron chi connectivity index (χ0n) is 12.5. The molecule has 0 bridgehead atoms. The Bertz CT molecular complexity index is 519. The van der Waals surface area contributed by atoms with Crippen LogP contribution in [-0.2, 0) is 9.59 Å². The molecule has 5 heteroatoms. The molecule has 0 fully saturated rings. The minimum absolute atomic E-state index is 0.0640. The Balaban J connectivity index is 2.85. The first-order valence-electron chi connectivity index (χ1n) is 6.42. The maximum atomic E-state index is 13.5. The van der Waals surface area contributed by atoms with Crippen LogP contribution in [0.25, 0.3) is 0 Å². The number of halogens is 1. The van der Waals surface area contributed by atoms with E-state index < -0.39 is 28.6 Å². The summed E-state index contributed by atoms with van der Waals surface area (Å²) in [5.41, 5.74) is -1.67. The summed E-state index contributed by atoms with van der Waals surface area (Å²) in [5.74, 6) is -1.49. The van der Waals surface area contributed by atoms with E-state index in [9.17, 15) is 14.0 Å². The highest BCUT2D eigenvalue weighted by Gasteiger charge is 2.37. The van der Waals surface area contributed by atoms with Crippen molar-refractivity contribution in [2.75, 3.05) is 5.32 Å². The lowest BCUT2D eigenvalue weighted by Gasteiger charge is -2.28. The highest BCUT2D eigenvalue weighted by molar-refractivity contribution is 6.10. The largest absolute Gasteiger partial charge is 0.351 e. The van der Waals surface area contributed by atoms with Gasteiger partial charge in [0.25, 0.3) is 0 Å². The number of amides is 2. The highest BCUT2D eigenvalue weighted by atomic mass is 19.1. The zero-order valence-corrected chi connectivity index (χ0v) is 12.5. The second-order valence-corrected chi connectivity index (χ2v) is 6.26. The minimum Gasteiger partial charge on any atom is -0.351 e. The fourth-order valence-electron chi connectivity index (χ4n) is 1.44. The first-order chi connectivity index (χ1) is 9.04. The third-order valence-corrected chi connectivity index (χ3v) is 2.75. The number of hydrogen-bond acceptors (Lipinski definition) is 2. The van der Waals surface area contributed by atoms with Gasteiger partial charge in [0.05, 0.1) is 5.69 Å². The Labute approximate surface area is 118 Å². The Hall–Kier alpha value is -1.91. The fraction of sp³-hybridized carbons (Fsp3) is 0.467. The van der Waals surface area contributed by atoms with E-state index in [1.165, 1.54) is 32.0 Å². The summed E-state index contributed by atoms with van der Waals surface area (Å²) < 4.78 is 13.5. The van der Waals surface area contributed by atoms with Crippen LogP contribution in [0.2, 0.25) is 0 Å². The summed E-state index contributed by atoms with van der Waals surface area (Å²) in [7, 11) is 0. The second kappa shape index (κ2) is 5.61. The molecule has 0 unspecified atom stereocenters. The van der Waals surface area contributed by atoms with Crippen LogP contribution < -0.4 is 10.6 Å². The predicted molar refractivity (Wildman–Crippen MR) is 76.7 cm³/mol. The van der Waals surface area contributed by atoms with Crippen molar-refractivity contribution in [2.45, 2.75) is 40.2 Å². The van der Waals surface area contributed by atoms with Crippen LogP contribution in [0.3, 0.4) is 0 Å². The highest BCUT2D eigenvalue weighted by Crippen LogP contribution is 2.21. The van der Waals surface area contributed by atoms with Gasteiger partial charge in [0.15, 0.2) is 0 Å². The number of hydrogen-bond donors (Lipinski definition) is 2. The molecule has 110 valence electrons. The van der Waals surface area contributed by atoms with Crippen LogP contribution in [0.4, 0.5) is 10.1 Å². The van der Waals surface area contributed by atoms with Crippen molar-refractivity contribution in [2.24, 2.45) is 5.41 Å². The van der Waals surface area contributed by atoms with Gasteiger partial charge in [-0.3, -0.25) is 9.59 Å². The van der Waals surface area contributed by atoms with Crippen molar-refractivity contribution in [1.82, 2.24) is 5.32 Å². The number of benzene rings is 1. The van der Waals surface area contributed by atoms with Crippen molar-refractivity contribution in [3.05, 3.63) is 30.1 Å². The lowest BCUT2D eigenvalue weighted by atomic mass is 9.89. The van der Waals surface area contributed by atoms with Gasteiger partial charge in [-0.25, -0.2) is 4.39 Å². The molecule has 2 N–H and O–H groups in total. The van der Waals surface area contributed by atoms with Crippen molar-refractivity contribution >= 4 is 17.5 Å². The maximum Gasteiger partial charge on any atom is 0.239 e. The molecule has 0 saturated carbocycles. The molecule has 0 aliphatic heterocycles. The van der Waals surface area contributed by atoms with Gasteiger partial charge in [0.2, 0.25) is 11.8 Å². The summed E-state index contributed by atoms with van der Waals surface area (Å²) in [4.78, 5) is 24.3. The number of rotatable bonds is 3. The molecule has 0 aromatic heterocycles. The molecule has 0 spiro atoms. The number of nitrogens with one attached hydrogen (secondary N) is 2. The van der Waals surface area contributed by atoms with Gasteiger partial charge < -0.3 is 10.6 Å². The summed E-state index contributed by atoms with van der Waals surface area (Å²) in [6.45, 7) is 8.50. The SMILES string of the molecule is CC(C)(C)NC(=O)C(C)(C)C(=O)Nc1ccccc1F. The van der Waals surface area contributed by atoms with Gasteiger partial charge in [0, 0.05) is 5.54 Å². The Morgan fingerprint density at radius 3 is 2.05 bits per heavy atom. The van der Waals surface area contributed by atoms with Crippen molar-refractivity contribution in [3.8, 4) is 0 Å². The summed E-state index contributed by atoms with van der Waals surface area (Å²) in [6, 6.07) is 5.84. The lowest BCUT2D eigenvalue weighted by Crippen LogP contribution is -2.51. The topological polar surface area (TPSA) is 58.2 Å². The Kier molecular flexibility index (Phi) is 4.53. The predicted octanol–water partition coefficient (Wildman–Crippen LogP) is 2.71. The molecule has 0 aliphatic carbocycles. The van der Waals surface area contributed by atoms with Gasteiger partial charge in [-0.2, -0.15) is 0 Å². The molecule has 0 atom stereocenters. The molecule has 1 rings (SSSR count). The van der Waals surface area contributed by atoms with Crippen LogP contribution in [0, 0.1) is 11.2 Å². The molecule has 2 amide bonds. The smallest absolute Gasteiger partial charge is 0.239 e. The summed E-state index contributed by atoms with van der Waals surface area (Å²) >= 11 is 0. The molecule has 20 heavy (non-hydrogen) atoms. The maximum absolute atomic E-state index is 13.5. The quantitative estimate of drug-likeness (QED) is 0.836. The van der Waals surface area contributed by atoms with Gasteiger partial charge in [-0.05, 0) is 46.8 Å². The normalized spacial score (nSPS) is 11.9. The molecular formula is C15H21FN2O2. The van der Waals surface area contributed by atoms with Crippen LogP contribution in [0.15, 0.2) is 24.3 Å². The Morgan fingerprint density at radius 1 is 1.00 bits per heavy atom. The van der Waals surface area contributed by atoms with E-state index >= 15 is 0 Å². The van der Waals surface area contributed by atoms with Crippen molar-refractivity contribution in [1.29, 1.82) is 0 Å². The molecular weight excluding hydrogens is 259 g/mol. The number of carbonyl (C=O) groups excluding carboxylic acids is 2. The van der Waals surface area contributed by atoms with Crippen LogP contribution in [-0.4, -0.2) is 17.4 Å². The minimum atomic E-state index is -1.30. The number of carbonyl (C=O) groups is 2. The van der Waals surface area contributed by atoms with Crippen LogP contribution >= 0.6 is 0 Å². The molecule has 4 nitrogen and oxygen atoms in total. The van der Waals surface area contributed by atoms with Crippen molar-refractivity contribution in [3.63, 3.8) is 0 Å². The van der Waals surface area contributed by atoms with Gasteiger partial charge in [-0.15, -0.1) is 0 Å². The fourth-order valence-corrected chi connectivity index (χ4v) is 1.44. The van der Waals surface area contributed by atoms with E-state index in [4.69, 9.17) is 0 Å². The van der Waals surface area contributed by atoms with Crippen LogP contribution in [0.5, 0.6) is 0 Å². The van der Waals surface area contributed by atoms with E-state index in [0.29, 0.717) is 0 Å². The molecule has 0 aliphatic rings. The molecule has 1 aromatic carbocycles.